The molecule has 0 N–H and O–H groups in total. The predicted octanol–water partition coefficient (Wildman–Crippen LogP) is 31.1. The van der Waals surface area contributed by atoms with Crippen LogP contribution in [0.3, 0.4) is 0 Å². The molecule has 3 nitrogen and oxygen atoms in total. The van der Waals surface area contributed by atoms with Crippen molar-refractivity contribution in [3.63, 3.8) is 0 Å². The van der Waals surface area contributed by atoms with Crippen LogP contribution in [0.15, 0.2) is 153 Å². The molecular weight excluding hydrogens is 1300 g/mol. The maximum absolute atomic E-state index is 13.5. The summed E-state index contributed by atoms with van der Waals surface area (Å²) < 4.78 is 44.9. The Hall–Kier alpha value is -8.02. The van der Waals surface area contributed by atoms with Crippen molar-refractivity contribution in [2.75, 3.05) is 0 Å². The lowest BCUT2D eigenvalue weighted by atomic mass is 9.75. The molecule has 0 unspecified atom stereocenters. The minimum absolute atomic E-state index is 0.0186. The number of alkyl halides is 2. The lowest BCUT2D eigenvalue weighted by molar-refractivity contribution is -0.0381. The van der Waals surface area contributed by atoms with E-state index in [0.29, 0.717) is 12.8 Å². The Morgan fingerprint density at radius 3 is 1.25 bits per heavy atom. The van der Waals surface area contributed by atoms with Crippen LogP contribution in [0.4, 0.5) is 8.78 Å². The molecule has 3 heterocycles. The summed E-state index contributed by atoms with van der Waals surface area (Å²) in [5, 5.41) is 9.03. The summed E-state index contributed by atoms with van der Waals surface area (Å²) in [7, 11) is 0. The van der Waals surface area contributed by atoms with Gasteiger partial charge in [-0.2, -0.15) is 0 Å². The van der Waals surface area contributed by atoms with Gasteiger partial charge in [-0.15, -0.1) is 0 Å². The molecule has 106 heavy (non-hydrogen) atoms. The van der Waals surface area contributed by atoms with Gasteiger partial charge in [-0.3, -0.25) is 0 Å². The molecule has 0 radical (unpaired) electrons. The third kappa shape index (κ3) is 17.7. The van der Waals surface area contributed by atoms with Crippen molar-refractivity contribution in [1.29, 1.82) is 0 Å². The fraction of sp³-hybridized carbons (Fsp3) is 0.446. The minimum atomic E-state index is -2.47. The Bertz CT molecular complexity index is 5170. The highest BCUT2D eigenvalue weighted by molar-refractivity contribution is 6.16. The Labute approximate surface area is 637 Å². The van der Waals surface area contributed by atoms with Gasteiger partial charge in [0.05, 0.1) is 0 Å². The van der Waals surface area contributed by atoms with Gasteiger partial charge in [0, 0.05) is 45.2 Å². The van der Waals surface area contributed by atoms with Crippen LogP contribution in [0.25, 0.3) is 76.7 Å². The van der Waals surface area contributed by atoms with Gasteiger partial charge in [0.1, 0.15) is 34.0 Å². The second kappa shape index (κ2) is 30.2. The van der Waals surface area contributed by atoms with Gasteiger partial charge < -0.3 is 13.3 Å². The fourth-order valence-electron chi connectivity index (χ4n) is 16.4. The van der Waals surface area contributed by atoms with Gasteiger partial charge >= 0.3 is 0 Å². The van der Waals surface area contributed by atoms with Gasteiger partial charge in [0.15, 0.2) is 0 Å². The molecule has 14 rings (SSSR count). The molecule has 0 bridgehead atoms. The van der Waals surface area contributed by atoms with Crippen LogP contribution < -0.4 is 0 Å². The molecule has 2 aliphatic rings. The first-order valence-electron chi connectivity index (χ1n) is 39.0. The first-order valence-corrected chi connectivity index (χ1v) is 39.0. The molecule has 0 saturated heterocycles. The van der Waals surface area contributed by atoms with Crippen LogP contribution in [0, 0.1) is 76.2 Å². The van der Waals surface area contributed by atoms with Gasteiger partial charge in [-0.05, 0) is 274 Å². The Balaban J connectivity index is 0.000000149. The molecule has 9 aromatic carbocycles. The third-order valence-corrected chi connectivity index (χ3v) is 22.2. The molecular formula is C101H128F2O3. The van der Waals surface area contributed by atoms with Crippen LogP contribution in [0.1, 0.15) is 283 Å². The molecule has 2 aliphatic carbocycles. The van der Waals surface area contributed by atoms with Crippen LogP contribution in [0.2, 0.25) is 0 Å². The Morgan fingerprint density at radius 2 is 0.755 bits per heavy atom. The Morgan fingerprint density at radius 1 is 0.321 bits per heavy atom. The Kier molecular flexibility index (Phi) is 23.4. The largest absolute Gasteiger partial charge is 0.460 e. The molecule has 0 spiro atoms. The quantitative estimate of drug-likeness (QED) is 0.164. The smallest absolute Gasteiger partial charge is 0.248 e. The molecule has 0 aliphatic heterocycles. The number of halogens is 2. The van der Waals surface area contributed by atoms with Crippen LogP contribution in [0.5, 0.6) is 0 Å². The van der Waals surface area contributed by atoms with Gasteiger partial charge in [0.2, 0.25) is 5.92 Å². The van der Waals surface area contributed by atoms with E-state index in [4.69, 9.17) is 13.3 Å². The lowest BCUT2D eigenvalue weighted by Gasteiger charge is -2.31. The van der Waals surface area contributed by atoms with Gasteiger partial charge in [-0.1, -0.05) is 260 Å². The first-order chi connectivity index (χ1) is 48.8. The molecule has 12 aromatic rings. The van der Waals surface area contributed by atoms with E-state index in [1.54, 1.807) is 0 Å². The summed E-state index contributed by atoms with van der Waals surface area (Å²) in [6.45, 7) is 71.0. The fourth-order valence-corrected chi connectivity index (χ4v) is 16.4. The number of hydrogen-bond donors (Lipinski definition) is 0. The van der Waals surface area contributed by atoms with E-state index in [0.717, 1.165) is 34.0 Å². The minimum Gasteiger partial charge on any atom is -0.460 e. The van der Waals surface area contributed by atoms with E-state index in [2.05, 4.69) is 349 Å². The number of para-hydroxylation sites is 1. The summed E-state index contributed by atoms with van der Waals surface area (Å²) in [6, 6.07) is 50.2. The first kappa shape index (κ1) is 82.0. The zero-order chi connectivity index (χ0) is 78.8. The molecule has 0 atom stereocenters. The standard InChI is InChI=1S/C22H22.C21H26F2.C16H26.C15H20O.C14H18O.C13H16O/c1-13-12-18(22(3,4)5)14(2)20-17-11-7-9-15-8-6-10-16(19(13)20)21(15)17;1-14-16-7-5-6-8-17(16)18(13-19(14)20(2,3)4)15-9-11-21(22,23)12-10-15;1-11-9-13(15(3,4)5)10-14(12(11)2)16(6,7)8;1-9-7-12-11(3)14(15(4,5)6)16-13(12)8-10(9)2;1-9-6-7-12-11(8-9)10(2)13(15-12)14(3,4)5;1-9-10-7-5-6-8-11(10)14-12(9)13(2,3)4/h6-12H,1-5H3;5-8,13,15H,9-12H2,1-4H3;9-10H,1-8H3;7-8H,1-6H3;6-8H,1-5H3;5-8H,1-4H3. The zero-order valence-electron chi connectivity index (χ0n) is 71.2. The highest BCUT2D eigenvalue weighted by atomic mass is 19.3. The lowest BCUT2D eigenvalue weighted by Crippen LogP contribution is -2.24. The monoisotopic (exact) mass is 1430 g/mol. The average molecular weight is 1430 g/mol. The van der Waals surface area contributed by atoms with E-state index < -0.39 is 5.92 Å². The molecule has 564 valence electrons. The van der Waals surface area contributed by atoms with E-state index in [1.165, 1.54) is 149 Å². The maximum atomic E-state index is 13.5. The van der Waals surface area contributed by atoms with E-state index in [1.807, 2.05) is 12.1 Å². The molecule has 0 amide bonds. The maximum Gasteiger partial charge on any atom is 0.248 e. The van der Waals surface area contributed by atoms with Crippen LogP contribution in [-0.4, -0.2) is 5.92 Å². The molecule has 3 aromatic heterocycles. The summed E-state index contributed by atoms with van der Waals surface area (Å²) >= 11 is 0. The molecule has 1 saturated carbocycles. The number of aryl methyl sites for hydroxylation is 9. The predicted molar refractivity (Wildman–Crippen MR) is 457 cm³/mol. The topological polar surface area (TPSA) is 39.4 Å². The van der Waals surface area contributed by atoms with Crippen molar-refractivity contribution in [2.45, 2.75) is 297 Å². The summed E-state index contributed by atoms with van der Waals surface area (Å²) in [5.41, 5.74) is 31.4. The number of benzene rings is 9. The van der Waals surface area contributed by atoms with E-state index in [-0.39, 0.29) is 56.7 Å². The summed E-state index contributed by atoms with van der Waals surface area (Å²) in [5.74, 6) is 1.08. The summed E-state index contributed by atoms with van der Waals surface area (Å²) in [6.07, 6.45) is 1.21. The van der Waals surface area contributed by atoms with Gasteiger partial charge in [-0.25, -0.2) is 8.78 Å². The highest BCUT2D eigenvalue weighted by Gasteiger charge is 2.37. The van der Waals surface area contributed by atoms with Crippen LogP contribution in [-0.2, 0) is 37.9 Å². The van der Waals surface area contributed by atoms with E-state index in [9.17, 15) is 8.78 Å². The van der Waals surface area contributed by atoms with Crippen molar-refractivity contribution >= 4 is 54.5 Å². The van der Waals surface area contributed by atoms with Crippen molar-refractivity contribution < 1.29 is 22.0 Å². The SMILES string of the molecule is Cc1c(C(C)(C)C)cc(C2CCC(F)(F)CC2)c2ccccc12.Cc1c(C(C)(C)C)oc2ccccc12.Cc1cc(C(C)(C)C)c(C)c2c1-c1cccc3cccc-2c13.Cc1cc(C(C)(C)C)cc(C(C)(C)C)c1C.Cc1cc2oc(C(C)(C)C)c(C)c2cc1C.Cc1ccc2oc(C(C)(C)C)c(C)c2c1. The van der Waals surface area contributed by atoms with Crippen molar-refractivity contribution in [3.05, 3.63) is 246 Å². The second-order valence-corrected chi connectivity index (χ2v) is 38.5. The number of fused-ring (bicyclic) bond motifs is 7. The van der Waals surface area contributed by atoms with E-state index >= 15 is 0 Å². The molecule has 5 heteroatoms. The van der Waals surface area contributed by atoms with Crippen molar-refractivity contribution in [1.82, 2.24) is 0 Å². The third-order valence-electron chi connectivity index (χ3n) is 22.2. The number of furan rings is 3. The molecule has 1 fully saturated rings. The van der Waals surface area contributed by atoms with Crippen molar-refractivity contribution in [3.8, 4) is 22.3 Å². The number of hydrogen-bond acceptors (Lipinski definition) is 3. The van der Waals surface area contributed by atoms with Gasteiger partial charge in [0.25, 0.3) is 0 Å². The van der Waals surface area contributed by atoms with Crippen molar-refractivity contribution in [2.24, 2.45) is 0 Å². The zero-order valence-corrected chi connectivity index (χ0v) is 71.2. The average Bonchev–Trinajstić information content (AvgIpc) is 1.55. The highest BCUT2D eigenvalue weighted by Crippen LogP contribution is 2.52. The van der Waals surface area contributed by atoms with Crippen LogP contribution >= 0.6 is 0 Å². The second-order valence-electron chi connectivity index (χ2n) is 38.5. The normalized spacial score (nSPS) is 14.0. The number of rotatable bonds is 1. The summed E-state index contributed by atoms with van der Waals surface area (Å²) in [4.78, 5) is 0.